The highest BCUT2D eigenvalue weighted by Crippen LogP contribution is 2.33. The van der Waals surface area contributed by atoms with Crippen LogP contribution in [0.1, 0.15) is 6.42 Å². The lowest BCUT2D eigenvalue weighted by atomic mass is 10.2. The Bertz CT molecular complexity index is 575. The smallest absolute Gasteiger partial charge is 0.214 e. The third-order valence-electron chi connectivity index (χ3n) is 3.16. The van der Waals surface area contributed by atoms with Gasteiger partial charge in [0.25, 0.3) is 0 Å². The molecule has 0 radical (unpaired) electrons. The Balaban J connectivity index is 2.41. The van der Waals surface area contributed by atoms with Crippen molar-refractivity contribution in [2.75, 3.05) is 32.2 Å². The highest BCUT2D eigenvalue weighted by Gasteiger charge is 2.15. The summed E-state index contributed by atoms with van der Waals surface area (Å²) in [5.74, 6) is 2.20. The first-order valence-electron chi connectivity index (χ1n) is 6.92. The van der Waals surface area contributed by atoms with Gasteiger partial charge in [0, 0.05) is 12.6 Å². The number of nitrogens with two attached hydrogens (primary N) is 1. The largest absolute Gasteiger partial charge is 0.495 e. The van der Waals surface area contributed by atoms with Crippen LogP contribution in [-0.4, -0.2) is 32.3 Å². The van der Waals surface area contributed by atoms with E-state index in [0.29, 0.717) is 12.4 Å². The molecule has 2 rings (SSSR count). The molecule has 1 aromatic heterocycles. The fourth-order valence-corrected chi connectivity index (χ4v) is 2.13. The minimum atomic E-state index is 0.583. The van der Waals surface area contributed by atoms with Crippen molar-refractivity contribution in [2.45, 2.75) is 6.42 Å². The van der Waals surface area contributed by atoms with Crippen molar-refractivity contribution in [1.29, 1.82) is 0 Å². The van der Waals surface area contributed by atoms with Crippen LogP contribution in [0, 0.1) is 0 Å². The maximum absolute atomic E-state index is 5.66. The van der Waals surface area contributed by atoms with E-state index in [0.717, 1.165) is 30.2 Å². The molecule has 1 aromatic carbocycles. The van der Waals surface area contributed by atoms with Crippen molar-refractivity contribution in [2.24, 2.45) is 5.73 Å². The Kier molecular flexibility index (Phi) is 5.40. The second-order valence-electron chi connectivity index (χ2n) is 4.50. The summed E-state index contributed by atoms with van der Waals surface area (Å²) >= 11 is 0. The van der Waals surface area contributed by atoms with Gasteiger partial charge in [0.15, 0.2) is 0 Å². The fraction of sp³-hybridized carbons (Fsp3) is 0.312. The molecule has 0 fully saturated rings. The molecule has 112 valence electrons. The number of hydrogen-bond acceptors (Lipinski definition) is 5. The number of pyridine rings is 1. The monoisotopic (exact) mass is 287 g/mol. The maximum Gasteiger partial charge on any atom is 0.214 e. The van der Waals surface area contributed by atoms with E-state index in [4.69, 9.17) is 15.2 Å². The van der Waals surface area contributed by atoms with Crippen molar-refractivity contribution in [1.82, 2.24) is 4.98 Å². The zero-order valence-electron chi connectivity index (χ0n) is 12.5. The van der Waals surface area contributed by atoms with E-state index in [2.05, 4.69) is 9.88 Å². The highest BCUT2D eigenvalue weighted by molar-refractivity contribution is 5.67. The lowest BCUT2D eigenvalue weighted by molar-refractivity contribution is 0.398. The van der Waals surface area contributed by atoms with Crippen LogP contribution in [0.25, 0.3) is 0 Å². The van der Waals surface area contributed by atoms with Gasteiger partial charge in [-0.2, -0.15) is 4.98 Å². The molecule has 0 atom stereocenters. The van der Waals surface area contributed by atoms with Crippen molar-refractivity contribution in [3.05, 3.63) is 42.5 Å². The van der Waals surface area contributed by atoms with Crippen LogP contribution in [0.3, 0.4) is 0 Å². The molecule has 0 spiro atoms. The molecule has 21 heavy (non-hydrogen) atoms. The van der Waals surface area contributed by atoms with E-state index in [1.54, 1.807) is 14.2 Å². The zero-order valence-corrected chi connectivity index (χ0v) is 12.5. The molecule has 0 saturated heterocycles. The molecular formula is C16H21N3O2. The average Bonchev–Trinajstić information content (AvgIpc) is 2.56. The number of anilines is 2. The van der Waals surface area contributed by atoms with Crippen molar-refractivity contribution >= 4 is 11.5 Å². The number of para-hydroxylation sites is 2. The molecule has 5 nitrogen and oxygen atoms in total. The van der Waals surface area contributed by atoms with Gasteiger partial charge in [0.2, 0.25) is 5.88 Å². The van der Waals surface area contributed by atoms with E-state index in [-0.39, 0.29) is 0 Å². The van der Waals surface area contributed by atoms with Gasteiger partial charge in [-0.25, -0.2) is 0 Å². The number of ether oxygens (including phenoxy) is 2. The number of hydrogen-bond donors (Lipinski definition) is 1. The molecule has 2 aromatic rings. The molecule has 1 heterocycles. The molecule has 0 aliphatic heterocycles. The van der Waals surface area contributed by atoms with Crippen LogP contribution in [0.4, 0.5) is 11.5 Å². The Morgan fingerprint density at radius 2 is 1.86 bits per heavy atom. The molecule has 2 N–H and O–H groups in total. The Morgan fingerprint density at radius 1 is 1.05 bits per heavy atom. The summed E-state index contributed by atoms with van der Waals surface area (Å²) < 4.78 is 10.7. The van der Waals surface area contributed by atoms with Gasteiger partial charge in [-0.3, -0.25) is 0 Å². The Morgan fingerprint density at radius 3 is 2.57 bits per heavy atom. The third-order valence-corrected chi connectivity index (χ3v) is 3.16. The van der Waals surface area contributed by atoms with E-state index in [1.165, 1.54) is 0 Å². The molecular weight excluding hydrogens is 266 g/mol. The standard InChI is InChI=1S/C16H21N3O2/c1-20-14-8-4-3-7-13(14)19(12-6-11-17)15-9-5-10-16(18-15)21-2/h3-5,7-10H,6,11-12,17H2,1-2H3. The van der Waals surface area contributed by atoms with E-state index in [1.807, 2.05) is 42.5 Å². The fourth-order valence-electron chi connectivity index (χ4n) is 2.13. The van der Waals surface area contributed by atoms with E-state index >= 15 is 0 Å². The molecule has 5 heteroatoms. The third kappa shape index (κ3) is 3.64. The Labute approximate surface area is 125 Å². The summed E-state index contributed by atoms with van der Waals surface area (Å²) in [6, 6.07) is 13.6. The molecule has 0 aliphatic rings. The van der Waals surface area contributed by atoms with Gasteiger partial charge in [-0.05, 0) is 31.2 Å². The first-order valence-corrected chi connectivity index (χ1v) is 6.92. The van der Waals surface area contributed by atoms with Gasteiger partial charge in [-0.15, -0.1) is 0 Å². The molecule has 0 amide bonds. The highest BCUT2D eigenvalue weighted by atomic mass is 16.5. The van der Waals surface area contributed by atoms with Crippen LogP contribution in [0.2, 0.25) is 0 Å². The minimum Gasteiger partial charge on any atom is -0.495 e. The SMILES string of the molecule is COc1cccc(N(CCCN)c2ccccc2OC)n1. The van der Waals surface area contributed by atoms with Crippen LogP contribution in [0.5, 0.6) is 11.6 Å². The van der Waals surface area contributed by atoms with Crippen LogP contribution < -0.4 is 20.1 Å². The minimum absolute atomic E-state index is 0.583. The molecule has 0 bridgehead atoms. The van der Waals surface area contributed by atoms with E-state index in [9.17, 15) is 0 Å². The van der Waals surface area contributed by atoms with E-state index < -0.39 is 0 Å². The van der Waals surface area contributed by atoms with Gasteiger partial charge in [-0.1, -0.05) is 18.2 Å². The Hall–Kier alpha value is -2.27. The summed E-state index contributed by atoms with van der Waals surface area (Å²) in [5, 5.41) is 0. The normalized spacial score (nSPS) is 10.2. The second-order valence-corrected chi connectivity index (χ2v) is 4.50. The van der Waals surface area contributed by atoms with Gasteiger partial charge >= 0.3 is 0 Å². The maximum atomic E-state index is 5.66. The number of nitrogens with zero attached hydrogens (tertiary/aromatic N) is 2. The predicted octanol–water partition coefficient (Wildman–Crippen LogP) is 2.59. The van der Waals surface area contributed by atoms with Crippen LogP contribution >= 0.6 is 0 Å². The molecule has 0 saturated carbocycles. The number of rotatable bonds is 7. The van der Waals surface area contributed by atoms with Gasteiger partial charge in [0.1, 0.15) is 11.6 Å². The first kappa shape index (κ1) is 15.1. The molecule has 0 unspecified atom stereocenters. The number of aromatic nitrogens is 1. The van der Waals surface area contributed by atoms with Gasteiger partial charge in [0.05, 0.1) is 19.9 Å². The predicted molar refractivity (Wildman–Crippen MR) is 84.5 cm³/mol. The summed E-state index contributed by atoms with van der Waals surface area (Å²) in [6.07, 6.45) is 0.858. The second kappa shape index (κ2) is 7.50. The first-order chi connectivity index (χ1) is 10.3. The number of methoxy groups -OCH3 is 2. The topological polar surface area (TPSA) is 60.6 Å². The van der Waals surface area contributed by atoms with Crippen LogP contribution in [0.15, 0.2) is 42.5 Å². The van der Waals surface area contributed by atoms with Gasteiger partial charge < -0.3 is 20.1 Å². The summed E-state index contributed by atoms with van der Waals surface area (Å²) in [6.45, 7) is 1.38. The molecule has 0 aliphatic carbocycles. The zero-order chi connectivity index (χ0) is 15.1. The van der Waals surface area contributed by atoms with Crippen molar-refractivity contribution in [3.8, 4) is 11.6 Å². The lowest BCUT2D eigenvalue weighted by Gasteiger charge is -2.25. The summed E-state index contributed by atoms with van der Waals surface area (Å²) in [7, 11) is 3.28. The summed E-state index contributed by atoms with van der Waals surface area (Å²) in [4.78, 5) is 6.60. The average molecular weight is 287 g/mol. The van der Waals surface area contributed by atoms with Crippen molar-refractivity contribution < 1.29 is 9.47 Å². The summed E-state index contributed by atoms with van der Waals surface area (Å²) in [5.41, 5.74) is 6.62. The van der Waals surface area contributed by atoms with Crippen LogP contribution in [-0.2, 0) is 0 Å². The number of benzene rings is 1. The quantitative estimate of drug-likeness (QED) is 0.848. The van der Waals surface area contributed by atoms with Crippen molar-refractivity contribution in [3.63, 3.8) is 0 Å². The lowest BCUT2D eigenvalue weighted by Crippen LogP contribution is -2.22.